The van der Waals surface area contributed by atoms with Gasteiger partial charge in [-0.2, -0.15) is 0 Å². The van der Waals surface area contributed by atoms with Gasteiger partial charge in [-0.15, -0.1) is 0 Å². The highest BCUT2D eigenvalue weighted by Crippen LogP contribution is 2.25. The summed E-state index contributed by atoms with van der Waals surface area (Å²) < 4.78 is 5.92. The minimum absolute atomic E-state index is 0.362. The maximum atomic E-state index is 10.4. The molecule has 2 rings (SSSR count). The van der Waals surface area contributed by atoms with Crippen LogP contribution in [0.25, 0.3) is 0 Å². The number of hydrogen-bond donors (Lipinski definition) is 1. The van der Waals surface area contributed by atoms with Crippen molar-refractivity contribution in [3.63, 3.8) is 0 Å². The number of β-amino-alcohol motifs (C(OH)–C–C–N with tert-alkyl or cyclic N) is 1. The molecule has 1 aromatic carbocycles. The summed E-state index contributed by atoms with van der Waals surface area (Å²) in [6.07, 6.45) is 3.32. The van der Waals surface area contributed by atoms with E-state index in [1.54, 1.807) is 0 Å². The molecule has 0 saturated carbocycles. The van der Waals surface area contributed by atoms with Gasteiger partial charge in [-0.3, -0.25) is 4.90 Å². The molecule has 1 aliphatic heterocycles. The normalized spacial score (nSPS) is 24.3. The molecule has 0 radical (unpaired) electrons. The zero-order chi connectivity index (χ0) is 16.3. The molecule has 1 aromatic rings. The second-order valence-corrected chi connectivity index (χ2v) is 7.02. The van der Waals surface area contributed by atoms with Gasteiger partial charge in [-0.05, 0) is 58.6 Å². The van der Waals surface area contributed by atoms with Crippen LogP contribution in [0, 0.1) is 20.8 Å². The average Bonchev–Trinajstić information content (AvgIpc) is 2.42. The van der Waals surface area contributed by atoms with Crippen LogP contribution in [-0.4, -0.2) is 41.3 Å². The van der Waals surface area contributed by atoms with Crippen molar-refractivity contribution in [3.8, 4) is 5.75 Å². The number of likely N-dealkylation sites (tertiary alicyclic amines) is 1. The molecule has 22 heavy (non-hydrogen) atoms. The number of benzene rings is 1. The lowest BCUT2D eigenvalue weighted by atomic mass is 9.97. The predicted molar refractivity (Wildman–Crippen MR) is 91.6 cm³/mol. The molecule has 0 amide bonds. The van der Waals surface area contributed by atoms with E-state index in [1.807, 2.05) is 0 Å². The first-order valence-electron chi connectivity index (χ1n) is 8.53. The molecular weight excluding hydrogens is 274 g/mol. The standard InChI is InChI=1S/C19H31NO2/c1-13-9-14(2)19(15(3)10-13)22-12-18(21)11-20-16(4)7-6-8-17(20)5/h9-10,16-18,21H,6-8,11-12H2,1-5H3/t16-,17-,18-/m0/s1. The van der Waals surface area contributed by atoms with E-state index in [0.29, 0.717) is 25.2 Å². The van der Waals surface area contributed by atoms with E-state index in [0.717, 1.165) is 16.9 Å². The molecule has 0 unspecified atom stereocenters. The second kappa shape index (κ2) is 7.47. The minimum Gasteiger partial charge on any atom is -0.490 e. The summed E-state index contributed by atoms with van der Waals surface area (Å²) in [6.45, 7) is 11.8. The molecule has 0 bridgehead atoms. The van der Waals surface area contributed by atoms with Crippen LogP contribution >= 0.6 is 0 Å². The smallest absolute Gasteiger partial charge is 0.125 e. The first-order chi connectivity index (χ1) is 10.4. The molecule has 0 aromatic heterocycles. The molecule has 1 heterocycles. The molecule has 124 valence electrons. The van der Waals surface area contributed by atoms with Crippen LogP contribution in [0.1, 0.15) is 49.8 Å². The lowest BCUT2D eigenvalue weighted by molar-refractivity contribution is 0.0206. The van der Waals surface area contributed by atoms with Crippen molar-refractivity contribution in [2.24, 2.45) is 0 Å². The number of hydrogen-bond acceptors (Lipinski definition) is 3. The van der Waals surface area contributed by atoms with Crippen molar-refractivity contribution >= 4 is 0 Å². The van der Waals surface area contributed by atoms with Gasteiger partial charge in [0.1, 0.15) is 18.5 Å². The van der Waals surface area contributed by atoms with Gasteiger partial charge < -0.3 is 9.84 Å². The highest BCUT2D eigenvalue weighted by atomic mass is 16.5. The predicted octanol–water partition coefficient (Wildman–Crippen LogP) is 3.61. The van der Waals surface area contributed by atoms with Gasteiger partial charge in [0.05, 0.1) is 0 Å². The van der Waals surface area contributed by atoms with E-state index in [2.05, 4.69) is 51.7 Å². The van der Waals surface area contributed by atoms with E-state index in [4.69, 9.17) is 4.74 Å². The summed E-state index contributed by atoms with van der Waals surface area (Å²) in [5.74, 6) is 0.921. The minimum atomic E-state index is -0.442. The van der Waals surface area contributed by atoms with E-state index >= 15 is 0 Å². The molecule has 3 atom stereocenters. The Morgan fingerprint density at radius 2 is 1.68 bits per heavy atom. The zero-order valence-electron chi connectivity index (χ0n) is 14.7. The Labute approximate surface area is 135 Å². The van der Waals surface area contributed by atoms with Gasteiger partial charge in [0, 0.05) is 18.6 Å². The maximum absolute atomic E-state index is 10.4. The van der Waals surface area contributed by atoms with Gasteiger partial charge in [0.25, 0.3) is 0 Å². The van der Waals surface area contributed by atoms with Crippen molar-refractivity contribution in [1.29, 1.82) is 0 Å². The number of rotatable bonds is 5. The van der Waals surface area contributed by atoms with Crippen LogP contribution < -0.4 is 4.74 Å². The Morgan fingerprint density at radius 3 is 2.23 bits per heavy atom. The Bertz CT molecular complexity index is 467. The monoisotopic (exact) mass is 305 g/mol. The van der Waals surface area contributed by atoms with Crippen LogP contribution in [-0.2, 0) is 0 Å². The maximum Gasteiger partial charge on any atom is 0.125 e. The molecule has 1 saturated heterocycles. The Morgan fingerprint density at radius 1 is 1.14 bits per heavy atom. The van der Waals surface area contributed by atoms with Crippen LogP contribution in [0.2, 0.25) is 0 Å². The number of aryl methyl sites for hydroxylation is 3. The fraction of sp³-hybridized carbons (Fsp3) is 0.684. The Balaban J connectivity index is 1.91. The SMILES string of the molecule is Cc1cc(C)c(OC[C@@H](O)CN2[C@@H](C)CCC[C@@H]2C)c(C)c1. The third-order valence-corrected chi connectivity index (χ3v) is 4.82. The number of ether oxygens (including phenoxy) is 1. The topological polar surface area (TPSA) is 32.7 Å². The summed E-state index contributed by atoms with van der Waals surface area (Å²) >= 11 is 0. The highest BCUT2D eigenvalue weighted by molar-refractivity contribution is 5.42. The van der Waals surface area contributed by atoms with Crippen molar-refractivity contribution in [1.82, 2.24) is 4.90 Å². The summed E-state index contributed by atoms with van der Waals surface area (Å²) in [4.78, 5) is 2.42. The fourth-order valence-corrected chi connectivity index (χ4v) is 3.70. The summed E-state index contributed by atoms with van der Waals surface area (Å²) in [7, 11) is 0. The molecule has 1 fully saturated rings. The molecule has 0 aliphatic carbocycles. The number of piperidine rings is 1. The van der Waals surface area contributed by atoms with Gasteiger partial charge in [0.15, 0.2) is 0 Å². The number of aliphatic hydroxyl groups is 1. The van der Waals surface area contributed by atoms with Crippen LogP contribution in [0.5, 0.6) is 5.75 Å². The van der Waals surface area contributed by atoms with Crippen LogP contribution in [0.15, 0.2) is 12.1 Å². The van der Waals surface area contributed by atoms with Gasteiger partial charge in [-0.1, -0.05) is 24.1 Å². The molecule has 1 N–H and O–H groups in total. The van der Waals surface area contributed by atoms with E-state index in [9.17, 15) is 5.11 Å². The molecule has 3 heteroatoms. The van der Waals surface area contributed by atoms with Crippen molar-refractivity contribution in [3.05, 3.63) is 28.8 Å². The van der Waals surface area contributed by atoms with Gasteiger partial charge in [-0.25, -0.2) is 0 Å². The lowest BCUT2D eigenvalue weighted by Gasteiger charge is -2.40. The van der Waals surface area contributed by atoms with Crippen molar-refractivity contribution < 1.29 is 9.84 Å². The largest absolute Gasteiger partial charge is 0.490 e. The zero-order valence-corrected chi connectivity index (χ0v) is 14.7. The highest BCUT2D eigenvalue weighted by Gasteiger charge is 2.26. The number of nitrogens with zero attached hydrogens (tertiary/aromatic N) is 1. The van der Waals surface area contributed by atoms with E-state index in [-0.39, 0.29) is 0 Å². The molecular formula is C19H31NO2. The Kier molecular flexibility index (Phi) is 5.87. The van der Waals surface area contributed by atoms with Gasteiger partial charge >= 0.3 is 0 Å². The van der Waals surface area contributed by atoms with Crippen LogP contribution in [0.3, 0.4) is 0 Å². The van der Waals surface area contributed by atoms with Crippen LogP contribution in [0.4, 0.5) is 0 Å². The Hall–Kier alpha value is -1.06. The van der Waals surface area contributed by atoms with Crippen molar-refractivity contribution in [2.75, 3.05) is 13.2 Å². The molecule has 1 aliphatic rings. The fourth-order valence-electron chi connectivity index (χ4n) is 3.70. The summed E-state index contributed by atoms with van der Waals surface area (Å²) in [5.41, 5.74) is 3.53. The number of aliphatic hydroxyl groups excluding tert-OH is 1. The first kappa shape index (κ1) is 17.3. The first-order valence-corrected chi connectivity index (χ1v) is 8.53. The summed E-state index contributed by atoms with van der Waals surface area (Å²) in [5, 5.41) is 10.4. The molecule has 0 spiro atoms. The third kappa shape index (κ3) is 4.23. The van der Waals surface area contributed by atoms with Gasteiger partial charge in [0.2, 0.25) is 0 Å². The molecule has 3 nitrogen and oxygen atoms in total. The second-order valence-electron chi connectivity index (χ2n) is 7.02. The van der Waals surface area contributed by atoms with Crippen molar-refractivity contribution in [2.45, 2.75) is 72.1 Å². The van der Waals surface area contributed by atoms with E-state index in [1.165, 1.54) is 24.8 Å². The summed E-state index contributed by atoms with van der Waals surface area (Å²) in [6, 6.07) is 5.37. The quantitative estimate of drug-likeness (QED) is 0.902. The third-order valence-electron chi connectivity index (χ3n) is 4.82. The lowest BCUT2D eigenvalue weighted by Crippen LogP contribution is -2.48. The van der Waals surface area contributed by atoms with E-state index < -0.39 is 6.10 Å². The average molecular weight is 305 g/mol.